The predicted octanol–water partition coefficient (Wildman–Crippen LogP) is 2.97. The lowest BCUT2D eigenvalue weighted by molar-refractivity contribution is -0.537. The number of hydrogen-bond donors (Lipinski definition) is 4. The molecule has 6 unspecified atom stereocenters. The first-order chi connectivity index (χ1) is 18.6. The van der Waals surface area contributed by atoms with E-state index in [0.717, 1.165) is 0 Å². The third-order valence-corrected chi connectivity index (χ3v) is 7.52. The fourth-order valence-electron chi connectivity index (χ4n) is 5.31. The van der Waals surface area contributed by atoms with E-state index in [2.05, 4.69) is 21.5 Å². The van der Waals surface area contributed by atoms with Crippen LogP contribution < -0.4 is 21.5 Å². The average molecular weight is 586 g/mol. The maximum Gasteiger partial charge on any atom is 0.421 e. The van der Waals surface area contributed by atoms with Crippen LogP contribution in [-0.4, -0.2) is 72.3 Å². The number of piperidine rings is 1. The van der Waals surface area contributed by atoms with Crippen LogP contribution >= 0.6 is 0 Å². The van der Waals surface area contributed by atoms with Crippen molar-refractivity contribution in [3.63, 3.8) is 0 Å². The highest BCUT2D eigenvalue weighted by Crippen LogP contribution is 2.44. The first-order valence-electron chi connectivity index (χ1n) is 12.9. The van der Waals surface area contributed by atoms with Crippen molar-refractivity contribution >= 4 is 0 Å². The molecule has 1 aromatic carbocycles. The molecule has 16 heteroatoms. The third-order valence-electron chi connectivity index (χ3n) is 7.52. The Bertz CT molecular complexity index is 1020. The highest BCUT2D eigenvalue weighted by Gasteiger charge is 2.64. The number of hydrazine groups is 1. The summed E-state index contributed by atoms with van der Waals surface area (Å²) in [7, 11) is 0. The molecular formula is C24H33F6N5O5. The Morgan fingerprint density at radius 3 is 2.45 bits per heavy atom. The summed E-state index contributed by atoms with van der Waals surface area (Å²) in [6.07, 6.45) is -16.2. The molecule has 1 aromatic rings. The van der Waals surface area contributed by atoms with E-state index in [-0.39, 0.29) is 19.6 Å². The Balaban J connectivity index is 1.69. The van der Waals surface area contributed by atoms with Crippen molar-refractivity contribution in [2.24, 2.45) is 5.92 Å². The van der Waals surface area contributed by atoms with Gasteiger partial charge in [0, 0.05) is 24.5 Å². The maximum absolute atomic E-state index is 14.8. The Morgan fingerprint density at radius 2 is 1.82 bits per heavy atom. The molecule has 0 radical (unpaired) electrons. The molecule has 4 N–H and O–H groups in total. The number of fused-ring (bicyclic) bond motifs is 5. The van der Waals surface area contributed by atoms with Gasteiger partial charge in [0.25, 0.3) is 0 Å². The van der Waals surface area contributed by atoms with Gasteiger partial charge in [0.15, 0.2) is 6.23 Å². The number of hydrogen-bond acceptors (Lipinski definition) is 9. The van der Waals surface area contributed by atoms with E-state index in [4.69, 9.17) is 14.2 Å². The topological polar surface area (TPSA) is 119 Å². The third kappa shape index (κ3) is 6.69. The lowest BCUT2D eigenvalue weighted by Crippen LogP contribution is -2.69. The van der Waals surface area contributed by atoms with Crippen LogP contribution in [0.5, 0.6) is 0 Å². The zero-order valence-corrected chi connectivity index (χ0v) is 21.8. The van der Waals surface area contributed by atoms with Crippen LogP contribution in [0.3, 0.4) is 0 Å². The van der Waals surface area contributed by atoms with E-state index in [1.54, 1.807) is 44.2 Å². The van der Waals surface area contributed by atoms with Crippen LogP contribution in [0.2, 0.25) is 0 Å². The Kier molecular flexibility index (Phi) is 9.00. The van der Waals surface area contributed by atoms with E-state index in [9.17, 15) is 36.5 Å². The first kappa shape index (κ1) is 30.9. The summed E-state index contributed by atoms with van der Waals surface area (Å²) in [6.45, 7) is 2.51. The van der Waals surface area contributed by atoms with Gasteiger partial charge >= 0.3 is 12.4 Å². The molecule has 0 spiro atoms. The van der Waals surface area contributed by atoms with Crippen LogP contribution in [0.25, 0.3) is 0 Å². The number of nitrogens with zero attached hydrogens (tertiary/aromatic N) is 1. The number of ether oxygens (including phenoxy) is 3. The summed E-state index contributed by atoms with van der Waals surface area (Å²) in [5.41, 5.74) is 1.41. The van der Waals surface area contributed by atoms with Crippen molar-refractivity contribution < 1.29 is 45.5 Å². The minimum Gasteiger partial charge on any atom is -0.374 e. The monoisotopic (exact) mass is 585 g/mol. The number of rotatable bonds is 4. The van der Waals surface area contributed by atoms with Gasteiger partial charge in [-0.25, -0.2) is 10.9 Å². The second-order valence-electron chi connectivity index (χ2n) is 10.9. The van der Waals surface area contributed by atoms with E-state index in [0.29, 0.717) is 5.56 Å². The SMILES string of the molecule is CC1(C)CNC2NC(C3NNC(O3)[C@@](OCc3ccccc3)(C(F)(F)F)CCCO1)C([N+](=O)[O-])CC2C(F)(F)F. The number of nitrogens with one attached hydrogen (secondary N) is 4. The molecule has 3 aliphatic heterocycles. The van der Waals surface area contributed by atoms with Gasteiger partial charge in [-0.3, -0.25) is 20.7 Å². The Hall–Kier alpha value is -2.08. The molecule has 10 nitrogen and oxygen atoms in total. The zero-order valence-electron chi connectivity index (χ0n) is 21.8. The summed E-state index contributed by atoms with van der Waals surface area (Å²) in [5.74, 6) is -2.14. The van der Waals surface area contributed by atoms with E-state index in [1.807, 2.05) is 0 Å². The molecule has 4 rings (SSSR count). The normalized spacial score (nSPS) is 35.6. The van der Waals surface area contributed by atoms with Gasteiger partial charge in [-0.05, 0) is 32.3 Å². The summed E-state index contributed by atoms with van der Waals surface area (Å²) < 4.78 is 103. The molecule has 0 saturated carbocycles. The van der Waals surface area contributed by atoms with Crippen molar-refractivity contribution in [1.29, 1.82) is 0 Å². The average Bonchev–Trinajstić information content (AvgIpc) is 3.36. The molecule has 3 saturated heterocycles. The molecule has 0 amide bonds. The van der Waals surface area contributed by atoms with Gasteiger partial charge in [0.05, 0.1) is 24.3 Å². The number of benzene rings is 1. The lowest BCUT2D eigenvalue weighted by Gasteiger charge is -2.43. The minimum atomic E-state index is -4.98. The summed E-state index contributed by atoms with van der Waals surface area (Å²) in [5, 5.41) is 17.2. The fraction of sp³-hybridized carbons (Fsp3) is 0.750. The van der Waals surface area contributed by atoms with Gasteiger partial charge in [-0.2, -0.15) is 26.3 Å². The first-order valence-corrected chi connectivity index (χ1v) is 12.9. The maximum atomic E-state index is 14.8. The molecule has 40 heavy (non-hydrogen) atoms. The van der Waals surface area contributed by atoms with Gasteiger partial charge < -0.3 is 14.2 Å². The van der Waals surface area contributed by atoms with E-state index >= 15 is 0 Å². The lowest BCUT2D eigenvalue weighted by atomic mass is 9.86. The van der Waals surface area contributed by atoms with Gasteiger partial charge in [-0.15, -0.1) is 0 Å². The van der Waals surface area contributed by atoms with Gasteiger partial charge in [0.2, 0.25) is 11.6 Å². The molecule has 226 valence electrons. The molecule has 3 heterocycles. The highest BCUT2D eigenvalue weighted by molar-refractivity contribution is 5.14. The zero-order chi connectivity index (χ0) is 29.3. The quantitative estimate of drug-likeness (QED) is 0.240. The molecule has 4 bridgehead atoms. The highest BCUT2D eigenvalue weighted by atomic mass is 19.4. The van der Waals surface area contributed by atoms with Gasteiger partial charge in [0.1, 0.15) is 12.3 Å². The van der Waals surface area contributed by atoms with Crippen molar-refractivity contribution in [2.75, 3.05) is 13.2 Å². The Labute approximate surface area is 226 Å². The number of nitro groups is 1. The van der Waals surface area contributed by atoms with Crippen molar-refractivity contribution in [3.8, 4) is 0 Å². The van der Waals surface area contributed by atoms with Crippen molar-refractivity contribution in [2.45, 2.75) is 94.0 Å². The van der Waals surface area contributed by atoms with Crippen molar-refractivity contribution in [1.82, 2.24) is 21.5 Å². The molecular weight excluding hydrogens is 552 g/mol. The summed E-state index contributed by atoms with van der Waals surface area (Å²) in [6, 6.07) is 4.96. The molecule has 7 atom stereocenters. The molecule has 0 aliphatic carbocycles. The molecule has 3 fully saturated rings. The number of halogens is 6. The van der Waals surface area contributed by atoms with Crippen LogP contribution in [0, 0.1) is 16.0 Å². The van der Waals surface area contributed by atoms with Gasteiger partial charge in [-0.1, -0.05) is 30.3 Å². The van der Waals surface area contributed by atoms with Crippen LogP contribution in [0.1, 0.15) is 38.7 Å². The predicted molar refractivity (Wildman–Crippen MR) is 128 cm³/mol. The number of alkyl halides is 6. The standard InChI is InChI=1S/C24H33F6N5O5/c1-21(2)13-31-18-15(23(25,26)27)11-16(35(36)37)17(32-18)19-33-34-20(40-19)22(24(28,29)30,9-6-10-38-21)39-12-14-7-4-3-5-8-14/h3-5,7-8,15-20,31-34H,6,9-13H2,1-2H3/t15?,16?,17?,18?,19?,20?,22-/m1/s1. The minimum absolute atomic E-state index is 0.109. The van der Waals surface area contributed by atoms with Crippen LogP contribution in [0.4, 0.5) is 26.3 Å². The molecule has 3 aliphatic rings. The van der Waals surface area contributed by atoms with E-state index in [1.165, 1.54) is 0 Å². The van der Waals surface area contributed by atoms with Crippen LogP contribution in [-0.2, 0) is 20.8 Å². The fourth-order valence-corrected chi connectivity index (χ4v) is 5.31. The molecule has 0 aromatic heterocycles. The van der Waals surface area contributed by atoms with E-state index < -0.39 is 84.5 Å². The second kappa shape index (κ2) is 11.7. The summed E-state index contributed by atoms with van der Waals surface area (Å²) >= 11 is 0. The van der Waals surface area contributed by atoms with Crippen LogP contribution in [0.15, 0.2) is 30.3 Å². The van der Waals surface area contributed by atoms with Crippen molar-refractivity contribution in [3.05, 3.63) is 46.0 Å². The largest absolute Gasteiger partial charge is 0.421 e. The second-order valence-corrected chi connectivity index (χ2v) is 10.9. The Morgan fingerprint density at radius 1 is 1.12 bits per heavy atom. The smallest absolute Gasteiger partial charge is 0.374 e. The summed E-state index contributed by atoms with van der Waals surface area (Å²) in [4.78, 5) is 11.0.